The van der Waals surface area contributed by atoms with Gasteiger partial charge in [-0.15, -0.1) is 11.3 Å². The van der Waals surface area contributed by atoms with Crippen LogP contribution in [0.5, 0.6) is 0 Å². The van der Waals surface area contributed by atoms with Crippen LogP contribution in [0.4, 0.5) is 0 Å². The van der Waals surface area contributed by atoms with Crippen molar-refractivity contribution in [2.45, 2.75) is 45.6 Å². The largest absolute Gasteiger partial charge is 0.469 e. The SMILES string of the molecule is COC(=O)CC(C(=O)c1ccccc1)n1c(C)nc2sc3c(c2c1=O)CCC(C)C3. The topological polar surface area (TPSA) is 78.3 Å². The van der Waals surface area contributed by atoms with E-state index in [1.165, 1.54) is 16.6 Å². The van der Waals surface area contributed by atoms with Gasteiger partial charge in [-0.3, -0.25) is 19.0 Å². The maximum absolute atomic E-state index is 13.6. The Morgan fingerprint density at radius 1 is 1.30 bits per heavy atom. The summed E-state index contributed by atoms with van der Waals surface area (Å²) in [5.41, 5.74) is 1.25. The maximum atomic E-state index is 13.6. The van der Waals surface area contributed by atoms with E-state index in [0.29, 0.717) is 22.7 Å². The van der Waals surface area contributed by atoms with Gasteiger partial charge in [-0.1, -0.05) is 37.3 Å². The van der Waals surface area contributed by atoms with Crippen molar-refractivity contribution >= 4 is 33.3 Å². The molecule has 0 spiro atoms. The monoisotopic (exact) mass is 424 g/mol. The number of hydrogen-bond donors (Lipinski definition) is 0. The summed E-state index contributed by atoms with van der Waals surface area (Å²) >= 11 is 1.57. The van der Waals surface area contributed by atoms with Crippen molar-refractivity contribution < 1.29 is 14.3 Å². The molecular formula is C23H24N2O4S. The summed E-state index contributed by atoms with van der Waals surface area (Å²) in [7, 11) is 1.28. The van der Waals surface area contributed by atoms with Crippen LogP contribution in [0, 0.1) is 12.8 Å². The molecule has 0 fully saturated rings. The third kappa shape index (κ3) is 3.58. The number of methoxy groups -OCH3 is 1. The van der Waals surface area contributed by atoms with Crippen LogP contribution < -0.4 is 5.56 Å². The van der Waals surface area contributed by atoms with Gasteiger partial charge in [0.15, 0.2) is 5.78 Å². The first-order chi connectivity index (χ1) is 14.4. The van der Waals surface area contributed by atoms with Crippen LogP contribution in [0.2, 0.25) is 0 Å². The molecule has 0 amide bonds. The van der Waals surface area contributed by atoms with Gasteiger partial charge >= 0.3 is 5.97 Å². The fourth-order valence-electron chi connectivity index (χ4n) is 4.21. The molecule has 7 heteroatoms. The molecule has 0 saturated carbocycles. The second-order valence-corrected chi connectivity index (χ2v) is 8.98. The third-order valence-electron chi connectivity index (χ3n) is 5.80. The minimum absolute atomic E-state index is 0.221. The van der Waals surface area contributed by atoms with E-state index in [0.717, 1.165) is 29.7 Å². The van der Waals surface area contributed by atoms with Crippen LogP contribution >= 0.6 is 11.3 Å². The van der Waals surface area contributed by atoms with Crippen molar-refractivity contribution in [3.8, 4) is 0 Å². The number of nitrogens with zero attached hydrogens (tertiary/aromatic N) is 2. The number of thiophene rings is 1. The smallest absolute Gasteiger partial charge is 0.308 e. The van der Waals surface area contributed by atoms with Crippen molar-refractivity contribution in [3.63, 3.8) is 0 Å². The Kier molecular flexibility index (Phi) is 5.56. The number of fused-ring (bicyclic) bond motifs is 3. The molecule has 2 aromatic heterocycles. The van der Waals surface area contributed by atoms with Crippen molar-refractivity contribution in [1.29, 1.82) is 0 Å². The van der Waals surface area contributed by atoms with Gasteiger partial charge in [-0.05, 0) is 37.7 Å². The van der Waals surface area contributed by atoms with Crippen LogP contribution in [-0.4, -0.2) is 28.4 Å². The molecule has 2 heterocycles. The molecule has 6 nitrogen and oxygen atoms in total. The second kappa shape index (κ2) is 8.14. The number of hydrogen-bond acceptors (Lipinski definition) is 6. The van der Waals surface area contributed by atoms with Crippen LogP contribution in [0.1, 0.15) is 52.4 Å². The molecule has 1 aliphatic rings. The lowest BCUT2D eigenvalue weighted by atomic mass is 9.89. The molecule has 1 aromatic carbocycles. The predicted molar refractivity (Wildman–Crippen MR) is 116 cm³/mol. The first kappa shape index (κ1) is 20.5. The number of carbonyl (C=O) groups excluding carboxylic acids is 2. The van der Waals surface area contributed by atoms with Gasteiger partial charge in [0.25, 0.3) is 5.56 Å². The number of rotatable bonds is 5. The lowest BCUT2D eigenvalue weighted by Gasteiger charge is -2.21. The normalized spacial score (nSPS) is 16.8. The molecule has 30 heavy (non-hydrogen) atoms. The summed E-state index contributed by atoms with van der Waals surface area (Å²) in [6, 6.07) is 7.71. The van der Waals surface area contributed by atoms with Crippen molar-refractivity contribution in [2.24, 2.45) is 5.92 Å². The number of carbonyl (C=O) groups is 2. The highest BCUT2D eigenvalue weighted by Gasteiger charge is 2.31. The van der Waals surface area contributed by atoms with E-state index in [1.54, 1.807) is 42.5 Å². The standard InChI is InChI=1S/C23H24N2O4S/c1-13-9-10-16-18(11-13)30-22-20(16)23(28)25(14(2)24-22)17(12-19(26)29-3)21(27)15-7-5-4-6-8-15/h4-8,13,17H,9-12H2,1-3H3. The summed E-state index contributed by atoms with van der Waals surface area (Å²) in [6.07, 6.45) is 2.59. The van der Waals surface area contributed by atoms with E-state index in [1.807, 2.05) is 6.07 Å². The van der Waals surface area contributed by atoms with E-state index in [-0.39, 0.29) is 17.8 Å². The Bertz CT molecular complexity index is 1180. The molecule has 0 radical (unpaired) electrons. The fourth-order valence-corrected chi connectivity index (χ4v) is 5.63. The van der Waals surface area contributed by atoms with Crippen molar-refractivity contribution in [1.82, 2.24) is 9.55 Å². The number of Topliss-reactive ketones (excluding diaryl/α,β-unsaturated/α-hetero) is 1. The number of esters is 1. The summed E-state index contributed by atoms with van der Waals surface area (Å²) in [6.45, 7) is 3.93. The van der Waals surface area contributed by atoms with Crippen LogP contribution in [0.15, 0.2) is 35.1 Å². The van der Waals surface area contributed by atoms with Gasteiger partial charge in [-0.25, -0.2) is 4.98 Å². The van der Waals surface area contributed by atoms with Gasteiger partial charge in [0.1, 0.15) is 16.7 Å². The Balaban J connectivity index is 1.90. The molecule has 3 aromatic rings. The Morgan fingerprint density at radius 3 is 2.73 bits per heavy atom. The minimum Gasteiger partial charge on any atom is -0.469 e. The molecule has 0 bridgehead atoms. The number of benzene rings is 1. The Hall–Kier alpha value is -2.80. The van der Waals surface area contributed by atoms with Gasteiger partial charge in [-0.2, -0.15) is 0 Å². The number of aryl methyl sites for hydroxylation is 2. The average molecular weight is 425 g/mol. The third-order valence-corrected chi connectivity index (χ3v) is 6.95. The first-order valence-electron chi connectivity index (χ1n) is 10.1. The van der Waals surface area contributed by atoms with Crippen molar-refractivity contribution in [3.05, 3.63) is 62.5 Å². The van der Waals surface area contributed by atoms with Crippen molar-refractivity contribution in [2.75, 3.05) is 7.11 Å². The van der Waals surface area contributed by atoms with Crippen LogP contribution in [-0.2, 0) is 22.4 Å². The van der Waals surface area contributed by atoms with Crippen LogP contribution in [0.25, 0.3) is 10.2 Å². The minimum atomic E-state index is -0.998. The van der Waals surface area contributed by atoms with Crippen LogP contribution in [0.3, 0.4) is 0 Å². The molecule has 0 saturated heterocycles. The van der Waals surface area contributed by atoms with Gasteiger partial charge in [0, 0.05) is 10.4 Å². The lowest BCUT2D eigenvalue weighted by molar-refractivity contribution is -0.141. The number of ether oxygens (including phenoxy) is 1. The first-order valence-corrected chi connectivity index (χ1v) is 10.9. The van der Waals surface area contributed by atoms with E-state index in [4.69, 9.17) is 4.74 Å². The van der Waals surface area contributed by atoms with E-state index in [9.17, 15) is 14.4 Å². The molecule has 0 N–H and O–H groups in total. The Morgan fingerprint density at radius 2 is 2.03 bits per heavy atom. The Labute approximate surface area is 178 Å². The summed E-state index contributed by atoms with van der Waals surface area (Å²) in [5.74, 6) is 0.167. The zero-order chi connectivity index (χ0) is 21.4. The zero-order valence-corrected chi connectivity index (χ0v) is 18.1. The molecule has 2 atom stereocenters. The second-order valence-electron chi connectivity index (χ2n) is 7.89. The van der Waals surface area contributed by atoms with E-state index < -0.39 is 12.0 Å². The highest BCUT2D eigenvalue weighted by molar-refractivity contribution is 7.18. The molecular weight excluding hydrogens is 400 g/mol. The molecule has 156 valence electrons. The number of aromatic nitrogens is 2. The molecule has 1 aliphatic carbocycles. The quantitative estimate of drug-likeness (QED) is 0.459. The summed E-state index contributed by atoms with van der Waals surface area (Å²) in [4.78, 5) is 45.7. The highest BCUT2D eigenvalue weighted by Crippen LogP contribution is 2.36. The molecule has 2 unspecified atom stereocenters. The van der Waals surface area contributed by atoms with E-state index in [2.05, 4.69) is 11.9 Å². The molecule has 4 rings (SSSR count). The molecule has 0 aliphatic heterocycles. The average Bonchev–Trinajstić information content (AvgIpc) is 3.09. The number of ketones is 1. The van der Waals surface area contributed by atoms with Gasteiger partial charge in [0.05, 0.1) is 18.9 Å². The summed E-state index contributed by atoms with van der Waals surface area (Å²) < 4.78 is 6.21. The van der Waals surface area contributed by atoms with E-state index >= 15 is 0 Å². The maximum Gasteiger partial charge on any atom is 0.308 e. The van der Waals surface area contributed by atoms with Gasteiger partial charge in [0.2, 0.25) is 0 Å². The fraction of sp³-hybridized carbons (Fsp3) is 0.391. The zero-order valence-electron chi connectivity index (χ0n) is 17.3. The lowest BCUT2D eigenvalue weighted by Crippen LogP contribution is -2.34. The van der Waals surface area contributed by atoms with Gasteiger partial charge < -0.3 is 4.74 Å². The summed E-state index contributed by atoms with van der Waals surface area (Å²) in [5, 5.41) is 0.600. The highest BCUT2D eigenvalue weighted by atomic mass is 32.1. The predicted octanol–water partition coefficient (Wildman–Crippen LogP) is 3.88.